The molecule has 1 amide bonds. The van der Waals surface area contributed by atoms with E-state index in [9.17, 15) is 4.79 Å². The second kappa shape index (κ2) is 8.11. The van der Waals surface area contributed by atoms with Crippen LogP contribution < -0.4 is 10.1 Å². The molecule has 0 bridgehead atoms. The van der Waals surface area contributed by atoms with Crippen molar-refractivity contribution in [3.05, 3.63) is 88.4 Å². The molecule has 0 saturated heterocycles. The zero-order valence-electron chi connectivity index (χ0n) is 15.4. The van der Waals surface area contributed by atoms with E-state index in [4.69, 9.17) is 32.9 Å². The van der Waals surface area contributed by atoms with Gasteiger partial charge in [0.1, 0.15) is 5.75 Å². The lowest BCUT2D eigenvalue weighted by Crippen LogP contribution is -2.13. The Morgan fingerprint density at radius 2 is 1.69 bits per heavy atom. The predicted octanol–water partition coefficient (Wildman–Crippen LogP) is 6.47. The number of halogens is 2. The van der Waals surface area contributed by atoms with Crippen molar-refractivity contribution >= 4 is 45.7 Å². The molecule has 0 fully saturated rings. The maximum atomic E-state index is 13.1. The molecule has 0 aliphatic rings. The van der Waals surface area contributed by atoms with Crippen LogP contribution in [0.4, 0.5) is 5.69 Å². The van der Waals surface area contributed by atoms with Gasteiger partial charge in [-0.1, -0.05) is 47.5 Å². The minimum absolute atomic E-state index is 0.227. The Kier molecular flexibility index (Phi) is 5.38. The summed E-state index contributed by atoms with van der Waals surface area (Å²) < 4.78 is 5.16. The fourth-order valence-corrected chi connectivity index (χ4v) is 3.34. The second-order valence-corrected chi connectivity index (χ2v) is 7.20. The largest absolute Gasteiger partial charge is 0.497 e. The normalized spacial score (nSPS) is 10.7. The molecular formula is C23H16Cl2N2O2. The third-order valence-corrected chi connectivity index (χ3v) is 5.26. The van der Waals surface area contributed by atoms with Gasteiger partial charge in [-0.3, -0.25) is 4.79 Å². The Labute approximate surface area is 178 Å². The molecule has 1 heterocycles. The summed E-state index contributed by atoms with van der Waals surface area (Å²) in [6.45, 7) is 0. The molecule has 6 heteroatoms. The number of methoxy groups -OCH3 is 1. The number of fused-ring (bicyclic) bond motifs is 1. The quantitative estimate of drug-likeness (QED) is 0.409. The van der Waals surface area contributed by atoms with Gasteiger partial charge in [0.05, 0.1) is 33.9 Å². The summed E-state index contributed by atoms with van der Waals surface area (Å²) in [6.07, 6.45) is 0. The number of nitrogens with zero attached hydrogens (tertiary/aromatic N) is 1. The number of amides is 1. The van der Waals surface area contributed by atoms with Crippen molar-refractivity contribution in [2.24, 2.45) is 0 Å². The van der Waals surface area contributed by atoms with E-state index in [2.05, 4.69) is 5.32 Å². The van der Waals surface area contributed by atoms with Gasteiger partial charge in [0.2, 0.25) is 0 Å². The maximum absolute atomic E-state index is 13.1. The number of anilines is 1. The van der Waals surface area contributed by atoms with E-state index < -0.39 is 0 Å². The van der Waals surface area contributed by atoms with Crippen LogP contribution in [-0.4, -0.2) is 18.0 Å². The van der Waals surface area contributed by atoms with Crippen LogP contribution >= 0.6 is 23.2 Å². The number of carbonyl (C=O) groups is 1. The molecule has 0 aliphatic heterocycles. The van der Waals surface area contributed by atoms with Crippen molar-refractivity contribution in [2.75, 3.05) is 12.4 Å². The fourth-order valence-electron chi connectivity index (χ4n) is 3.04. The Bertz CT molecular complexity index is 1210. The van der Waals surface area contributed by atoms with Crippen LogP contribution in [0.2, 0.25) is 10.0 Å². The van der Waals surface area contributed by atoms with Crippen molar-refractivity contribution in [1.29, 1.82) is 0 Å². The number of aromatic nitrogens is 1. The smallest absolute Gasteiger partial charge is 0.256 e. The number of pyridine rings is 1. The highest BCUT2D eigenvalue weighted by Gasteiger charge is 2.15. The van der Waals surface area contributed by atoms with Crippen LogP contribution in [0.3, 0.4) is 0 Å². The van der Waals surface area contributed by atoms with E-state index in [1.165, 1.54) is 0 Å². The topological polar surface area (TPSA) is 51.2 Å². The van der Waals surface area contributed by atoms with E-state index in [0.29, 0.717) is 27.0 Å². The molecule has 0 spiro atoms. The number of para-hydroxylation sites is 1. The first kappa shape index (κ1) is 19.2. The lowest BCUT2D eigenvalue weighted by atomic mass is 10.0. The Morgan fingerprint density at radius 3 is 2.41 bits per heavy atom. The highest BCUT2D eigenvalue weighted by Crippen LogP contribution is 2.30. The third-order valence-electron chi connectivity index (χ3n) is 4.52. The van der Waals surface area contributed by atoms with E-state index in [0.717, 1.165) is 22.2 Å². The molecule has 0 unspecified atom stereocenters. The number of rotatable bonds is 4. The van der Waals surface area contributed by atoms with Gasteiger partial charge < -0.3 is 10.1 Å². The minimum Gasteiger partial charge on any atom is -0.497 e. The zero-order valence-corrected chi connectivity index (χ0v) is 17.0. The van der Waals surface area contributed by atoms with Crippen LogP contribution in [0.5, 0.6) is 5.75 Å². The van der Waals surface area contributed by atoms with E-state index in [1.807, 2.05) is 30.3 Å². The van der Waals surface area contributed by atoms with Gasteiger partial charge in [0, 0.05) is 16.6 Å². The highest BCUT2D eigenvalue weighted by molar-refractivity contribution is 6.42. The molecule has 0 saturated carbocycles. The molecule has 1 aromatic heterocycles. The van der Waals surface area contributed by atoms with Crippen LogP contribution in [0.15, 0.2) is 72.8 Å². The predicted molar refractivity (Wildman–Crippen MR) is 118 cm³/mol. The van der Waals surface area contributed by atoms with Crippen molar-refractivity contribution in [2.45, 2.75) is 0 Å². The maximum Gasteiger partial charge on any atom is 0.256 e. The standard InChI is InChI=1S/C23H16Cl2N2O2/c1-29-16-9-7-15(8-10-16)26-23(28)18-13-22(14-6-11-19(24)20(25)12-14)27-21-5-3-2-4-17(18)21/h2-13H,1H3,(H,26,28). The van der Waals surface area contributed by atoms with Gasteiger partial charge in [-0.2, -0.15) is 0 Å². The van der Waals surface area contributed by atoms with Crippen LogP contribution in [0, 0.1) is 0 Å². The summed E-state index contributed by atoms with van der Waals surface area (Å²) in [7, 11) is 1.60. The first-order valence-corrected chi connectivity index (χ1v) is 9.61. The Morgan fingerprint density at radius 1 is 0.931 bits per heavy atom. The SMILES string of the molecule is COc1ccc(NC(=O)c2cc(-c3ccc(Cl)c(Cl)c3)nc3ccccc23)cc1. The van der Waals surface area contributed by atoms with Crippen LogP contribution in [0.25, 0.3) is 22.2 Å². The lowest BCUT2D eigenvalue weighted by Gasteiger charge is -2.11. The zero-order chi connectivity index (χ0) is 20.4. The molecule has 1 N–H and O–H groups in total. The third kappa shape index (κ3) is 4.04. The summed E-state index contributed by atoms with van der Waals surface area (Å²) >= 11 is 12.2. The van der Waals surface area contributed by atoms with Crippen molar-refractivity contribution in [3.63, 3.8) is 0 Å². The molecule has 0 aliphatic carbocycles. The highest BCUT2D eigenvalue weighted by atomic mass is 35.5. The summed E-state index contributed by atoms with van der Waals surface area (Å²) in [6, 6.07) is 21.7. The summed E-state index contributed by atoms with van der Waals surface area (Å²) in [5.41, 5.74) is 3.34. The van der Waals surface area contributed by atoms with Gasteiger partial charge in [-0.25, -0.2) is 4.98 Å². The Balaban J connectivity index is 1.77. The van der Waals surface area contributed by atoms with E-state index in [-0.39, 0.29) is 5.91 Å². The molecule has 0 radical (unpaired) electrons. The number of ether oxygens (including phenoxy) is 1. The van der Waals surface area contributed by atoms with Gasteiger partial charge >= 0.3 is 0 Å². The molecule has 0 atom stereocenters. The summed E-state index contributed by atoms with van der Waals surface area (Å²) in [4.78, 5) is 17.8. The monoisotopic (exact) mass is 422 g/mol. The average Bonchev–Trinajstić information content (AvgIpc) is 2.75. The van der Waals surface area contributed by atoms with Gasteiger partial charge in [-0.05, 0) is 48.5 Å². The van der Waals surface area contributed by atoms with Gasteiger partial charge in [-0.15, -0.1) is 0 Å². The first-order valence-electron chi connectivity index (χ1n) is 8.86. The van der Waals surface area contributed by atoms with Crippen LogP contribution in [0.1, 0.15) is 10.4 Å². The summed E-state index contributed by atoms with van der Waals surface area (Å²) in [5.74, 6) is 0.495. The average molecular weight is 423 g/mol. The molecule has 3 aromatic carbocycles. The molecule has 4 rings (SSSR count). The first-order chi connectivity index (χ1) is 14.0. The second-order valence-electron chi connectivity index (χ2n) is 6.38. The molecule has 144 valence electrons. The summed E-state index contributed by atoms with van der Waals surface area (Å²) in [5, 5.41) is 4.60. The molecular weight excluding hydrogens is 407 g/mol. The molecule has 29 heavy (non-hydrogen) atoms. The van der Waals surface area contributed by atoms with E-state index in [1.54, 1.807) is 49.6 Å². The number of hydrogen-bond acceptors (Lipinski definition) is 3. The van der Waals surface area contributed by atoms with Crippen molar-refractivity contribution < 1.29 is 9.53 Å². The number of carbonyl (C=O) groups excluding carboxylic acids is 1. The minimum atomic E-state index is -0.227. The van der Waals surface area contributed by atoms with Crippen LogP contribution in [-0.2, 0) is 0 Å². The Hall–Kier alpha value is -3.08. The number of benzene rings is 3. The van der Waals surface area contributed by atoms with Gasteiger partial charge in [0.15, 0.2) is 0 Å². The number of hydrogen-bond donors (Lipinski definition) is 1. The molecule has 4 aromatic rings. The van der Waals surface area contributed by atoms with E-state index >= 15 is 0 Å². The fraction of sp³-hybridized carbons (Fsp3) is 0.0435. The van der Waals surface area contributed by atoms with Crippen molar-refractivity contribution in [1.82, 2.24) is 4.98 Å². The molecule has 4 nitrogen and oxygen atoms in total. The number of nitrogens with one attached hydrogen (secondary N) is 1. The van der Waals surface area contributed by atoms with Crippen molar-refractivity contribution in [3.8, 4) is 17.0 Å². The lowest BCUT2D eigenvalue weighted by molar-refractivity contribution is 0.102. The van der Waals surface area contributed by atoms with Gasteiger partial charge in [0.25, 0.3) is 5.91 Å².